The molecular formula is C14H16N4O3. The Morgan fingerprint density at radius 1 is 1.33 bits per heavy atom. The van der Waals surface area contributed by atoms with Crippen LogP contribution in [0, 0.1) is 13.8 Å². The largest absolute Gasteiger partial charge is 0.478 e. The maximum atomic E-state index is 11.8. The first-order valence-corrected chi connectivity index (χ1v) is 6.35. The number of carbonyl (C=O) groups is 2. The summed E-state index contributed by atoms with van der Waals surface area (Å²) in [6.45, 7) is 3.91. The number of aromatic amines is 1. The summed E-state index contributed by atoms with van der Waals surface area (Å²) in [4.78, 5) is 22.7. The van der Waals surface area contributed by atoms with Gasteiger partial charge in [-0.05, 0) is 37.6 Å². The lowest BCUT2D eigenvalue weighted by Gasteiger charge is -2.09. The number of hydrogen-bond acceptors (Lipinski definition) is 3. The number of H-pyrrole nitrogens is 1. The van der Waals surface area contributed by atoms with Gasteiger partial charge in [0.2, 0.25) is 0 Å². The van der Waals surface area contributed by atoms with Crippen LogP contribution < -0.4 is 10.6 Å². The molecule has 7 nitrogen and oxygen atoms in total. The van der Waals surface area contributed by atoms with Crippen LogP contribution in [0.15, 0.2) is 24.4 Å². The predicted molar refractivity (Wildman–Crippen MR) is 77.3 cm³/mol. The Morgan fingerprint density at radius 3 is 2.67 bits per heavy atom. The van der Waals surface area contributed by atoms with Crippen molar-refractivity contribution in [2.45, 2.75) is 20.4 Å². The summed E-state index contributed by atoms with van der Waals surface area (Å²) in [6, 6.07) is 4.27. The molecule has 2 amide bonds. The standard InChI is InChI=1S/C14H16N4O3/c1-8-5-11(3-4-12(8)13(19)20)17-14(21)15-6-10-7-16-18-9(10)2/h3-5,7H,6H2,1-2H3,(H,16,18)(H,19,20)(H2,15,17,21). The Bertz CT molecular complexity index is 679. The first-order chi connectivity index (χ1) is 9.97. The van der Waals surface area contributed by atoms with E-state index in [9.17, 15) is 9.59 Å². The fourth-order valence-corrected chi connectivity index (χ4v) is 1.89. The molecule has 0 atom stereocenters. The highest BCUT2D eigenvalue weighted by molar-refractivity contribution is 5.92. The van der Waals surface area contributed by atoms with E-state index in [0.717, 1.165) is 11.3 Å². The van der Waals surface area contributed by atoms with Crippen LogP contribution >= 0.6 is 0 Å². The zero-order valence-corrected chi connectivity index (χ0v) is 11.7. The maximum absolute atomic E-state index is 11.8. The Labute approximate surface area is 121 Å². The number of anilines is 1. The first kappa shape index (κ1) is 14.6. The lowest BCUT2D eigenvalue weighted by Crippen LogP contribution is -2.28. The van der Waals surface area contributed by atoms with Gasteiger partial charge in [0, 0.05) is 23.5 Å². The van der Waals surface area contributed by atoms with Crippen LogP contribution in [0.3, 0.4) is 0 Å². The minimum Gasteiger partial charge on any atom is -0.478 e. The Morgan fingerprint density at radius 2 is 2.10 bits per heavy atom. The van der Waals surface area contributed by atoms with Crippen molar-refractivity contribution in [3.8, 4) is 0 Å². The molecule has 2 aromatic rings. The summed E-state index contributed by atoms with van der Waals surface area (Å²) in [5.74, 6) is -0.987. The number of nitrogens with one attached hydrogen (secondary N) is 3. The SMILES string of the molecule is Cc1cc(NC(=O)NCc2cn[nH]c2C)ccc1C(=O)O. The van der Waals surface area contributed by atoms with Gasteiger partial charge in [-0.3, -0.25) is 5.10 Å². The monoisotopic (exact) mass is 288 g/mol. The number of urea groups is 1. The maximum Gasteiger partial charge on any atom is 0.335 e. The van der Waals surface area contributed by atoms with E-state index < -0.39 is 5.97 Å². The molecule has 21 heavy (non-hydrogen) atoms. The summed E-state index contributed by atoms with van der Waals surface area (Å²) in [6.07, 6.45) is 1.65. The van der Waals surface area contributed by atoms with Gasteiger partial charge in [-0.25, -0.2) is 9.59 Å². The molecule has 0 fully saturated rings. The van der Waals surface area contributed by atoms with Crippen LogP contribution in [0.1, 0.15) is 27.2 Å². The Kier molecular flexibility index (Phi) is 4.22. The van der Waals surface area contributed by atoms with Crippen molar-refractivity contribution in [3.63, 3.8) is 0 Å². The van der Waals surface area contributed by atoms with Gasteiger partial charge in [0.25, 0.3) is 0 Å². The molecule has 2 rings (SSSR count). The molecule has 0 aliphatic carbocycles. The molecule has 1 heterocycles. The van der Waals surface area contributed by atoms with E-state index in [1.54, 1.807) is 25.3 Å². The fraction of sp³-hybridized carbons (Fsp3) is 0.214. The van der Waals surface area contributed by atoms with Gasteiger partial charge in [0.05, 0.1) is 11.8 Å². The number of aromatic nitrogens is 2. The summed E-state index contributed by atoms with van der Waals surface area (Å²) in [7, 11) is 0. The van der Waals surface area contributed by atoms with Crippen molar-refractivity contribution in [3.05, 3.63) is 46.8 Å². The number of benzene rings is 1. The van der Waals surface area contributed by atoms with Crippen molar-refractivity contribution >= 4 is 17.7 Å². The second-order valence-corrected chi connectivity index (χ2v) is 4.66. The Hall–Kier alpha value is -2.83. The molecule has 0 saturated heterocycles. The molecule has 0 radical (unpaired) electrons. The molecule has 7 heteroatoms. The number of carbonyl (C=O) groups excluding carboxylic acids is 1. The van der Waals surface area contributed by atoms with Gasteiger partial charge >= 0.3 is 12.0 Å². The lowest BCUT2D eigenvalue weighted by atomic mass is 10.1. The van der Waals surface area contributed by atoms with Crippen molar-refractivity contribution < 1.29 is 14.7 Å². The lowest BCUT2D eigenvalue weighted by molar-refractivity contribution is 0.0696. The second kappa shape index (κ2) is 6.08. The first-order valence-electron chi connectivity index (χ1n) is 6.35. The van der Waals surface area contributed by atoms with Crippen LogP contribution in [0.2, 0.25) is 0 Å². The van der Waals surface area contributed by atoms with Gasteiger partial charge < -0.3 is 15.7 Å². The topological polar surface area (TPSA) is 107 Å². The van der Waals surface area contributed by atoms with Crippen molar-refractivity contribution in [1.29, 1.82) is 0 Å². The van der Waals surface area contributed by atoms with Gasteiger partial charge in [-0.15, -0.1) is 0 Å². The zero-order chi connectivity index (χ0) is 15.4. The summed E-state index contributed by atoms with van der Waals surface area (Å²) in [5, 5.41) is 21.0. The number of amides is 2. The van der Waals surface area contributed by atoms with Crippen molar-refractivity contribution in [2.75, 3.05) is 5.32 Å². The smallest absolute Gasteiger partial charge is 0.335 e. The third-order valence-corrected chi connectivity index (χ3v) is 3.09. The quantitative estimate of drug-likeness (QED) is 0.690. The minimum atomic E-state index is -0.987. The number of hydrogen-bond donors (Lipinski definition) is 4. The summed E-state index contributed by atoms with van der Waals surface area (Å²) < 4.78 is 0. The Balaban J connectivity index is 1.95. The third kappa shape index (κ3) is 3.59. The normalized spacial score (nSPS) is 10.2. The molecule has 0 aliphatic rings. The predicted octanol–water partition coefficient (Wildman–Crippen LogP) is 2.05. The molecule has 1 aromatic heterocycles. The van der Waals surface area contributed by atoms with Gasteiger partial charge in [0.1, 0.15) is 0 Å². The van der Waals surface area contributed by atoms with Crippen LogP contribution in [0.25, 0.3) is 0 Å². The molecule has 4 N–H and O–H groups in total. The van der Waals surface area contributed by atoms with Gasteiger partial charge in [0.15, 0.2) is 0 Å². The minimum absolute atomic E-state index is 0.218. The highest BCUT2D eigenvalue weighted by Crippen LogP contribution is 2.15. The van der Waals surface area contributed by atoms with Crippen molar-refractivity contribution in [2.24, 2.45) is 0 Å². The molecular weight excluding hydrogens is 272 g/mol. The molecule has 0 unspecified atom stereocenters. The number of aryl methyl sites for hydroxylation is 2. The number of carboxylic acids is 1. The van der Waals surface area contributed by atoms with E-state index in [0.29, 0.717) is 17.8 Å². The molecule has 0 saturated carbocycles. The average Bonchev–Trinajstić information content (AvgIpc) is 2.81. The van der Waals surface area contributed by atoms with Crippen LogP contribution in [0.4, 0.5) is 10.5 Å². The molecule has 1 aromatic carbocycles. The molecule has 0 spiro atoms. The molecule has 110 valence electrons. The highest BCUT2D eigenvalue weighted by atomic mass is 16.4. The van der Waals surface area contributed by atoms with Crippen LogP contribution in [-0.4, -0.2) is 27.3 Å². The average molecular weight is 288 g/mol. The van der Waals surface area contributed by atoms with E-state index in [1.807, 2.05) is 6.92 Å². The zero-order valence-electron chi connectivity index (χ0n) is 11.7. The number of rotatable bonds is 4. The number of carboxylic acid groups (broad SMARTS) is 1. The van der Waals surface area contributed by atoms with E-state index >= 15 is 0 Å². The van der Waals surface area contributed by atoms with Gasteiger partial charge in [-0.1, -0.05) is 0 Å². The second-order valence-electron chi connectivity index (χ2n) is 4.66. The van der Waals surface area contributed by atoms with E-state index in [2.05, 4.69) is 20.8 Å². The van der Waals surface area contributed by atoms with Gasteiger partial charge in [-0.2, -0.15) is 5.10 Å². The van der Waals surface area contributed by atoms with E-state index in [1.165, 1.54) is 6.07 Å². The number of aromatic carboxylic acids is 1. The number of nitrogens with zero attached hydrogens (tertiary/aromatic N) is 1. The third-order valence-electron chi connectivity index (χ3n) is 3.09. The summed E-state index contributed by atoms with van der Waals surface area (Å²) in [5.41, 5.74) is 3.15. The molecule has 0 bridgehead atoms. The summed E-state index contributed by atoms with van der Waals surface area (Å²) >= 11 is 0. The van der Waals surface area contributed by atoms with Crippen LogP contribution in [0.5, 0.6) is 0 Å². The fourth-order valence-electron chi connectivity index (χ4n) is 1.89. The highest BCUT2D eigenvalue weighted by Gasteiger charge is 2.09. The molecule has 0 aliphatic heterocycles. The van der Waals surface area contributed by atoms with Crippen molar-refractivity contribution in [1.82, 2.24) is 15.5 Å². The van der Waals surface area contributed by atoms with E-state index in [-0.39, 0.29) is 11.6 Å². The van der Waals surface area contributed by atoms with E-state index in [4.69, 9.17) is 5.11 Å². The van der Waals surface area contributed by atoms with Crippen LogP contribution in [-0.2, 0) is 6.54 Å².